The molecule has 0 N–H and O–H groups in total. The number of hydrogen-bond acceptors (Lipinski definition) is 5. The molecule has 0 aromatic heterocycles. The van der Waals surface area contributed by atoms with E-state index in [9.17, 15) is 27.2 Å². The van der Waals surface area contributed by atoms with E-state index >= 15 is 0 Å². The normalized spacial score (nSPS) is 15.1. The van der Waals surface area contributed by atoms with Crippen LogP contribution in [0.4, 0.5) is 28.9 Å². The third-order valence-corrected chi connectivity index (χ3v) is 5.09. The zero-order chi connectivity index (χ0) is 25.1. The van der Waals surface area contributed by atoms with Gasteiger partial charge in [0.15, 0.2) is 11.4 Å². The smallest absolute Gasteiger partial charge is 0.388 e. The lowest BCUT2D eigenvalue weighted by atomic mass is 10.0. The van der Waals surface area contributed by atoms with Gasteiger partial charge in [0.2, 0.25) is 0 Å². The molecule has 6 nitrogen and oxygen atoms in total. The van der Waals surface area contributed by atoms with Crippen molar-refractivity contribution in [2.45, 2.75) is 25.6 Å². The van der Waals surface area contributed by atoms with Crippen LogP contribution in [-0.4, -0.2) is 37.1 Å². The van der Waals surface area contributed by atoms with E-state index in [-0.39, 0.29) is 22.1 Å². The molecular weight excluding hydrogens is 462 g/mol. The lowest BCUT2D eigenvalue weighted by molar-refractivity contribution is -0.137. The van der Waals surface area contributed by atoms with Crippen LogP contribution < -0.4 is 9.80 Å². The Labute approximate surface area is 193 Å². The molecule has 33 heavy (non-hydrogen) atoms. The first-order chi connectivity index (χ1) is 15.3. The lowest BCUT2D eigenvalue weighted by Crippen LogP contribution is -2.44. The summed E-state index contributed by atoms with van der Waals surface area (Å²) in [4.78, 5) is 26.1. The SMILES string of the molecule is CC1(C)C(=O)N(c2ccc(C#N)c(C(F)(F)F)c2)C(=S)N1c1ccc(C=O)c(F)c1.COC. The van der Waals surface area contributed by atoms with Crippen LogP contribution in [-0.2, 0) is 15.7 Å². The highest BCUT2D eigenvalue weighted by molar-refractivity contribution is 7.81. The number of alkyl halides is 3. The van der Waals surface area contributed by atoms with Crippen LogP contribution in [0.3, 0.4) is 0 Å². The minimum atomic E-state index is -4.81. The molecular formula is C22H19F4N3O3S. The molecule has 2 aromatic carbocycles. The van der Waals surface area contributed by atoms with Crippen LogP contribution in [0.25, 0.3) is 0 Å². The number of carbonyl (C=O) groups is 2. The highest BCUT2D eigenvalue weighted by atomic mass is 32.1. The predicted octanol–water partition coefficient (Wildman–Crippen LogP) is 4.71. The number of methoxy groups -OCH3 is 1. The first kappa shape index (κ1) is 25.9. The van der Waals surface area contributed by atoms with Gasteiger partial charge in [0.05, 0.1) is 28.4 Å². The van der Waals surface area contributed by atoms with E-state index in [0.29, 0.717) is 12.4 Å². The highest BCUT2D eigenvalue weighted by Crippen LogP contribution is 2.39. The first-order valence-electron chi connectivity index (χ1n) is 9.30. The number of hydrogen-bond donors (Lipinski definition) is 0. The molecule has 2 aromatic rings. The number of nitrogens with zero attached hydrogens (tertiary/aromatic N) is 3. The van der Waals surface area contributed by atoms with Gasteiger partial charge in [0, 0.05) is 19.9 Å². The van der Waals surface area contributed by atoms with E-state index in [2.05, 4.69) is 4.74 Å². The fourth-order valence-electron chi connectivity index (χ4n) is 3.21. The van der Waals surface area contributed by atoms with E-state index in [1.54, 1.807) is 14.2 Å². The van der Waals surface area contributed by atoms with Crippen molar-refractivity contribution in [2.24, 2.45) is 0 Å². The molecule has 1 amide bonds. The Morgan fingerprint density at radius 1 is 1.12 bits per heavy atom. The zero-order valence-corrected chi connectivity index (χ0v) is 18.8. The van der Waals surface area contributed by atoms with Crippen molar-refractivity contribution in [3.63, 3.8) is 0 Å². The standard InChI is InChI=1S/C20H13F4N3O2S.C2H6O/c1-19(2)17(29)26(13-5-3-11(9-25)15(7-13)20(22,23)24)18(30)27(19)14-6-4-12(10-28)16(21)8-14;1-3-2/h3-8,10H,1-2H3;1-2H3. The molecule has 1 aliphatic rings. The van der Waals surface area contributed by atoms with Crippen molar-refractivity contribution in [2.75, 3.05) is 24.0 Å². The van der Waals surface area contributed by atoms with Gasteiger partial charge < -0.3 is 9.64 Å². The molecule has 3 rings (SSSR count). The molecule has 0 radical (unpaired) electrons. The number of benzene rings is 2. The van der Waals surface area contributed by atoms with Crippen LogP contribution in [0.1, 0.15) is 35.3 Å². The fraction of sp³-hybridized carbons (Fsp3) is 0.273. The monoisotopic (exact) mass is 481 g/mol. The zero-order valence-electron chi connectivity index (χ0n) is 18.0. The minimum absolute atomic E-state index is 0.161. The van der Waals surface area contributed by atoms with Crippen LogP contribution in [0.15, 0.2) is 36.4 Å². The highest BCUT2D eigenvalue weighted by Gasteiger charge is 2.50. The average Bonchev–Trinajstić information content (AvgIpc) is 2.91. The third-order valence-electron chi connectivity index (χ3n) is 4.72. The van der Waals surface area contributed by atoms with E-state index in [4.69, 9.17) is 17.5 Å². The van der Waals surface area contributed by atoms with Crippen LogP contribution >= 0.6 is 12.2 Å². The molecule has 0 unspecified atom stereocenters. The van der Waals surface area contributed by atoms with Gasteiger partial charge in [-0.3, -0.25) is 14.5 Å². The number of rotatable bonds is 3. The van der Waals surface area contributed by atoms with Gasteiger partial charge in [-0.25, -0.2) is 4.39 Å². The molecule has 174 valence electrons. The number of anilines is 2. The Bertz CT molecular complexity index is 1140. The summed E-state index contributed by atoms with van der Waals surface area (Å²) in [6, 6.07) is 7.93. The van der Waals surface area contributed by atoms with Crippen molar-refractivity contribution in [1.29, 1.82) is 5.26 Å². The van der Waals surface area contributed by atoms with Gasteiger partial charge in [0.25, 0.3) is 5.91 Å². The number of aldehydes is 1. The third kappa shape index (κ3) is 4.86. The maximum atomic E-state index is 14.1. The topological polar surface area (TPSA) is 73.6 Å². The van der Waals surface area contributed by atoms with Crippen LogP contribution in [0.5, 0.6) is 0 Å². The summed E-state index contributed by atoms with van der Waals surface area (Å²) in [6.07, 6.45) is -4.48. The quantitative estimate of drug-likeness (QED) is 0.359. The van der Waals surface area contributed by atoms with Crippen LogP contribution in [0, 0.1) is 17.1 Å². The molecule has 1 saturated heterocycles. The Morgan fingerprint density at radius 3 is 2.18 bits per heavy atom. The van der Waals surface area contributed by atoms with Gasteiger partial charge in [-0.15, -0.1) is 0 Å². The number of ether oxygens (including phenoxy) is 1. The number of carbonyl (C=O) groups excluding carboxylic acids is 2. The summed E-state index contributed by atoms with van der Waals surface area (Å²) in [5.74, 6) is -1.46. The summed E-state index contributed by atoms with van der Waals surface area (Å²) >= 11 is 5.35. The second kappa shape index (κ2) is 9.64. The van der Waals surface area contributed by atoms with Crippen molar-refractivity contribution < 1.29 is 31.9 Å². The average molecular weight is 481 g/mol. The Morgan fingerprint density at radius 2 is 1.70 bits per heavy atom. The van der Waals surface area contributed by atoms with Crippen molar-refractivity contribution in [1.82, 2.24) is 0 Å². The van der Waals surface area contributed by atoms with Crippen molar-refractivity contribution in [3.8, 4) is 6.07 Å². The molecule has 0 spiro atoms. The van der Waals surface area contributed by atoms with Gasteiger partial charge in [-0.05, 0) is 62.5 Å². The van der Waals surface area contributed by atoms with Crippen LogP contribution in [0.2, 0.25) is 0 Å². The number of halogens is 4. The van der Waals surface area contributed by atoms with Gasteiger partial charge in [-0.1, -0.05) is 0 Å². The lowest BCUT2D eigenvalue weighted by Gasteiger charge is -2.29. The summed E-state index contributed by atoms with van der Waals surface area (Å²) < 4.78 is 58.4. The molecule has 0 bridgehead atoms. The second-order valence-corrected chi connectivity index (χ2v) is 7.75. The van der Waals surface area contributed by atoms with E-state index in [0.717, 1.165) is 17.0 Å². The summed E-state index contributed by atoms with van der Waals surface area (Å²) in [7, 11) is 3.25. The predicted molar refractivity (Wildman–Crippen MR) is 118 cm³/mol. The van der Waals surface area contributed by atoms with Gasteiger partial charge in [-0.2, -0.15) is 18.4 Å². The first-order valence-corrected chi connectivity index (χ1v) is 9.70. The van der Waals surface area contributed by atoms with Gasteiger partial charge in [0.1, 0.15) is 11.4 Å². The van der Waals surface area contributed by atoms with E-state index in [1.165, 1.54) is 43.0 Å². The number of thiocarbonyl (C=S) groups is 1. The van der Waals surface area contributed by atoms with Gasteiger partial charge >= 0.3 is 6.18 Å². The second-order valence-electron chi connectivity index (χ2n) is 7.39. The maximum absolute atomic E-state index is 14.1. The Hall–Kier alpha value is -3.36. The minimum Gasteiger partial charge on any atom is -0.388 e. The molecule has 0 saturated carbocycles. The molecule has 0 atom stereocenters. The molecule has 1 aliphatic heterocycles. The van der Waals surface area contributed by atoms with E-state index < -0.39 is 34.6 Å². The molecule has 0 aliphatic carbocycles. The largest absolute Gasteiger partial charge is 0.417 e. The van der Waals surface area contributed by atoms with Crippen molar-refractivity contribution in [3.05, 3.63) is 58.9 Å². The number of nitriles is 1. The Balaban J connectivity index is 0.00000122. The molecule has 1 fully saturated rings. The summed E-state index contributed by atoms with van der Waals surface area (Å²) in [6.45, 7) is 2.98. The molecule has 11 heteroatoms. The molecule has 1 heterocycles. The number of amides is 1. The Kier molecular flexibility index (Phi) is 7.57. The van der Waals surface area contributed by atoms with E-state index in [1.807, 2.05) is 0 Å². The summed E-state index contributed by atoms with van der Waals surface area (Å²) in [5.41, 5.74) is -3.34. The fourth-order valence-corrected chi connectivity index (χ4v) is 3.73. The maximum Gasteiger partial charge on any atom is 0.417 e. The summed E-state index contributed by atoms with van der Waals surface area (Å²) in [5, 5.41) is 8.79. The van der Waals surface area contributed by atoms with Crippen molar-refractivity contribution >= 4 is 40.9 Å².